The van der Waals surface area contributed by atoms with E-state index in [0.29, 0.717) is 117 Å². The van der Waals surface area contributed by atoms with Gasteiger partial charge < -0.3 is 59.0 Å². The number of aromatic nitrogens is 3. The van der Waals surface area contributed by atoms with Crippen LogP contribution in [0.25, 0.3) is 11.0 Å². The summed E-state index contributed by atoms with van der Waals surface area (Å²) in [5, 5.41) is 20.1. The van der Waals surface area contributed by atoms with Gasteiger partial charge in [0.2, 0.25) is 11.5 Å². The maximum atomic E-state index is 15.1. The van der Waals surface area contributed by atoms with Gasteiger partial charge in [0, 0.05) is 88.8 Å². The molecule has 0 saturated carbocycles. The molecule has 2 aromatic carbocycles. The molecule has 20 nitrogen and oxygen atoms in total. The second-order valence-electron chi connectivity index (χ2n) is 18.3. The van der Waals surface area contributed by atoms with Crippen LogP contribution in [0.4, 0.5) is 5.69 Å². The van der Waals surface area contributed by atoms with Gasteiger partial charge in [-0.15, -0.1) is 11.3 Å². The summed E-state index contributed by atoms with van der Waals surface area (Å²) in [4.78, 5) is 71.3. The molecule has 0 bridgehead atoms. The Morgan fingerprint density at radius 1 is 0.878 bits per heavy atom. The highest BCUT2D eigenvalue weighted by Crippen LogP contribution is 2.40. The van der Waals surface area contributed by atoms with Crippen molar-refractivity contribution in [2.24, 2.45) is 0 Å². The van der Waals surface area contributed by atoms with Gasteiger partial charge >= 0.3 is 0 Å². The minimum absolute atomic E-state index is 0.0281. The monoisotopic (exact) mass is 1040 g/mol. The summed E-state index contributed by atoms with van der Waals surface area (Å²) in [5.74, 6) is -0.217. The molecule has 3 saturated heterocycles. The number of nitriles is 1. The number of rotatable bonds is 11. The quantitative estimate of drug-likeness (QED) is 0.133. The predicted molar refractivity (Wildman–Crippen MR) is 274 cm³/mol. The molecule has 1 unspecified atom stereocenters. The van der Waals surface area contributed by atoms with Crippen LogP contribution < -0.4 is 25.4 Å². The highest BCUT2D eigenvalue weighted by Gasteiger charge is 2.46. The Labute approximate surface area is 434 Å². The van der Waals surface area contributed by atoms with Crippen molar-refractivity contribution in [3.63, 3.8) is 0 Å². The summed E-state index contributed by atoms with van der Waals surface area (Å²) in [6.07, 6.45) is 6.61. The number of pyridine rings is 1. The molecule has 6 heterocycles. The molecule has 74 heavy (non-hydrogen) atoms. The number of thiophene rings is 1. The number of nitrogens with zero attached hydrogens (tertiary/aromatic N) is 5. The highest BCUT2D eigenvalue weighted by molar-refractivity contribution is 7.11. The number of benzene rings is 2. The fourth-order valence-corrected chi connectivity index (χ4v) is 10.1. The van der Waals surface area contributed by atoms with Crippen molar-refractivity contribution in [1.82, 2.24) is 35.4 Å². The summed E-state index contributed by atoms with van der Waals surface area (Å²) in [6, 6.07) is 18.2. The van der Waals surface area contributed by atoms with E-state index in [9.17, 15) is 14.4 Å². The number of carbonyl (C=O) groups excluding carboxylic acids is 4. The van der Waals surface area contributed by atoms with E-state index in [0.717, 1.165) is 43.6 Å². The van der Waals surface area contributed by atoms with Gasteiger partial charge in [-0.05, 0) is 67.6 Å². The summed E-state index contributed by atoms with van der Waals surface area (Å²) < 4.78 is 42.0. The number of hydrogen-bond donors (Lipinski definition) is 4. The lowest BCUT2D eigenvalue weighted by molar-refractivity contribution is -0.154. The van der Waals surface area contributed by atoms with Crippen LogP contribution in [-0.4, -0.2) is 160 Å². The number of anilines is 1. The van der Waals surface area contributed by atoms with E-state index in [-0.39, 0.29) is 68.4 Å². The summed E-state index contributed by atoms with van der Waals surface area (Å²) in [6.45, 7) is 5.88. The Morgan fingerprint density at radius 2 is 1.62 bits per heavy atom. The van der Waals surface area contributed by atoms with Crippen molar-refractivity contribution in [1.29, 1.82) is 5.26 Å². The number of piperidine rings is 2. The molecule has 21 heteroatoms. The number of nitrogens with one attached hydrogen (secondary N) is 4. The van der Waals surface area contributed by atoms with Crippen LogP contribution in [0.5, 0.6) is 11.5 Å². The molecule has 1 atom stereocenters. The Kier molecular flexibility index (Phi) is 19.7. The van der Waals surface area contributed by atoms with Crippen molar-refractivity contribution in [2.75, 3.05) is 105 Å². The van der Waals surface area contributed by atoms with Crippen LogP contribution in [0, 0.1) is 11.3 Å². The fourth-order valence-electron chi connectivity index (χ4n) is 8.98. The summed E-state index contributed by atoms with van der Waals surface area (Å²) in [5.41, 5.74) is 2.37. The number of likely N-dealkylation sites (tertiary alicyclic amines) is 2. The molecule has 0 radical (unpaired) electrons. The van der Waals surface area contributed by atoms with Gasteiger partial charge in [0.05, 0.1) is 99.6 Å². The Morgan fingerprint density at radius 3 is 2.34 bits per heavy atom. The zero-order chi connectivity index (χ0) is 51.5. The molecule has 0 spiro atoms. The number of carbonyl (C=O) groups is 4. The second-order valence-corrected chi connectivity index (χ2v) is 19.2. The molecule has 0 aliphatic carbocycles. The van der Waals surface area contributed by atoms with E-state index in [1.807, 2.05) is 29.6 Å². The van der Waals surface area contributed by atoms with E-state index in [1.165, 1.54) is 24.6 Å². The van der Waals surface area contributed by atoms with Crippen molar-refractivity contribution in [3.8, 4) is 17.6 Å². The van der Waals surface area contributed by atoms with Gasteiger partial charge in [-0.3, -0.25) is 29.1 Å². The lowest BCUT2D eigenvalue weighted by atomic mass is 9.99. The first-order valence-electron chi connectivity index (χ1n) is 25.3. The van der Waals surface area contributed by atoms with E-state index in [2.05, 4.69) is 41.9 Å². The first-order chi connectivity index (χ1) is 36.2. The number of H-pyrrole nitrogens is 1. The number of fused-ring (bicyclic) bond motifs is 1. The number of amides is 4. The Bertz CT molecular complexity index is 2660. The number of methoxy groups -OCH3 is 1. The number of ether oxygens (including phenoxy) is 7. The van der Waals surface area contributed by atoms with Gasteiger partial charge in [-0.2, -0.15) is 5.26 Å². The first kappa shape index (κ1) is 53.8. The van der Waals surface area contributed by atoms with Gasteiger partial charge in [0.15, 0.2) is 0 Å². The van der Waals surface area contributed by atoms with Crippen LogP contribution >= 0.6 is 11.3 Å². The third kappa shape index (κ3) is 14.6. The minimum Gasteiger partial charge on any atom is -0.497 e. The molecule has 4 N–H and O–H groups in total. The van der Waals surface area contributed by atoms with Crippen LogP contribution in [0.1, 0.15) is 81.8 Å². The molecule has 3 fully saturated rings. The average molecular weight is 1040 g/mol. The maximum Gasteiger partial charge on any atom is 0.272 e. The van der Waals surface area contributed by atoms with Crippen molar-refractivity contribution in [3.05, 3.63) is 99.8 Å². The van der Waals surface area contributed by atoms with E-state index >= 15 is 4.79 Å². The highest BCUT2D eigenvalue weighted by atomic mass is 32.1. The minimum atomic E-state index is -1.70. The van der Waals surface area contributed by atoms with E-state index < -0.39 is 11.5 Å². The van der Waals surface area contributed by atoms with Gasteiger partial charge in [-0.1, -0.05) is 12.1 Å². The van der Waals surface area contributed by atoms with Crippen molar-refractivity contribution < 1.29 is 52.3 Å². The normalized spacial score (nSPS) is 20.1. The lowest BCUT2D eigenvalue weighted by Gasteiger charge is -2.33. The smallest absolute Gasteiger partial charge is 0.272 e. The maximum absolute atomic E-state index is 15.1. The summed E-state index contributed by atoms with van der Waals surface area (Å²) in [7, 11) is 1.54. The molecular weight excluding hydrogens is 971 g/mol. The second kappa shape index (κ2) is 27.1. The standard InChI is InChI=1S/C53H65N9O11S/c1-67-42-10-12-46(73-41-15-20-62(21-16-41)51(65)43-11-9-39(32-56-43)50(64)59-40-13-18-61(19-14-40)33-38-7-5-37(31-54)6-8-38)44(30-42)60-52(66)53(49-48-45(34-74-49)57-36-58-48)35-71-29-28-70-27-26-69-25-24-68-23-17-55-47(63)4-2-3-22-72-53/h5-12,30,32,34,36,40-41H,2-4,13-29,33,35H2,1H3,(H,55,63)(H,57,58)(H,59,64)(H,60,66). The van der Waals surface area contributed by atoms with Crippen molar-refractivity contribution in [2.45, 2.75) is 69.2 Å². The fraction of sp³-hybridized carbons (Fsp3) is 0.491. The molecule has 8 rings (SSSR count). The van der Waals surface area contributed by atoms with Gasteiger partial charge in [0.25, 0.3) is 17.7 Å². The van der Waals surface area contributed by atoms with Crippen LogP contribution in [0.2, 0.25) is 0 Å². The third-order valence-corrected chi connectivity index (χ3v) is 14.3. The molecule has 3 aliphatic heterocycles. The predicted octanol–water partition coefficient (Wildman–Crippen LogP) is 5.19. The van der Waals surface area contributed by atoms with Gasteiger partial charge in [-0.25, -0.2) is 4.98 Å². The van der Waals surface area contributed by atoms with Crippen LogP contribution in [0.15, 0.2) is 72.5 Å². The summed E-state index contributed by atoms with van der Waals surface area (Å²) >= 11 is 1.33. The largest absolute Gasteiger partial charge is 0.497 e. The Hall–Kier alpha value is -6.51. The molecule has 5 aromatic rings. The van der Waals surface area contributed by atoms with Crippen LogP contribution in [-0.2, 0) is 45.4 Å². The molecule has 4 amide bonds. The Balaban J connectivity index is 0.882. The topological polar surface area (TPSA) is 241 Å². The van der Waals surface area contributed by atoms with E-state index in [4.69, 9.17) is 38.4 Å². The molecule has 3 aromatic heterocycles. The zero-order valence-electron chi connectivity index (χ0n) is 41.8. The number of aromatic amines is 1. The lowest BCUT2D eigenvalue weighted by Crippen LogP contribution is -2.47. The van der Waals surface area contributed by atoms with Gasteiger partial charge in [0.1, 0.15) is 28.8 Å². The van der Waals surface area contributed by atoms with E-state index in [1.54, 1.807) is 41.6 Å². The number of imidazole rings is 1. The van der Waals surface area contributed by atoms with Crippen molar-refractivity contribution >= 4 is 51.7 Å². The first-order valence-corrected chi connectivity index (χ1v) is 26.2. The molecule has 394 valence electrons. The third-order valence-electron chi connectivity index (χ3n) is 13.2. The SMILES string of the molecule is COc1ccc(OC2CCN(C(=O)c3ccc(C(=O)NC4CCN(Cc5ccc(C#N)cc5)CC4)cn3)CC2)c(NC(=O)C2(c3scc4[nH]cnc34)COCCOCCOCCOCCNC(=O)CCCCO2)c1. The van der Waals surface area contributed by atoms with Crippen LogP contribution in [0.3, 0.4) is 0 Å². The zero-order valence-corrected chi connectivity index (χ0v) is 42.6. The number of hydrogen-bond acceptors (Lipinski definition) is 16. The average Bonchev–Trinajstić information content (AvgIpc) is 4.07. The molecule has 3 aliphatic rings. The molecular formula is C53H65N9O11S.